The molecule has 2 unspecified atom stereocenters. The highest BCUT2D eigenvalue weighted by atomic mass is 32.2. The summed E-state index contributed by atoms with van der Waals surface area (Å²) >= 11 is 0. The van der Waals surface area contributed by atoms with E-state index in [2.05, 4.69) is 27.3 Å². The number of rotatable bonds is 7. The zero-order valence-corrected chi connectivity index (χ0v) is 12.2. The molecule has 106 valence electrons. The zero-order chi connectivity index (χ0) is 13.6. The van der Waals surface area contributed by atoms with E-state index in [0.717, 1.165) is 12.5 Å². The number of nitrogens with zero attached hydrogens (tertiary/aromatic N) is 1. The number of sulfonamides is 1. The van der Waals surface area contributed by atoms with E-state index in [1.54, 1.807) is 6.92 Å². The van der Waals surface area contributed by atoms with Gasteiger partial charge in [0.2, 0.25) is 10.0 Å². The van der Waals surface area contributed by atoms with Gasteiger partial charge in [0.05, 0.1) is 12.3 Å². The normalized spacial score (nSPS) is 23.8. The van der Waals surface area contributed by atoms with Crippen molar-refractivity contribution in [3.63, 3.8) is 0 Å². The summed E-state index contributed by atoms with van der Waals surface area (Å²) in [5.74, 6) is 1.57. The fraction of sp³-hybridized carbons (Fsp3) is 0.909. The van der Waals surface area contributed by atoms with Gasteiger partial charge in [0.1, 0.15) is 0 Å². The largest absolute Gasteiger partial charge is 0.357 e. The zero-order valence-electron chi connectivity index (χ0n) is 11.4. The monoisotopic (exact) mass is 276 g/mol. The van der Waals surface area contributed by atoms with Crippen molar-refractivity contribution >= 4 is 16.0 Å². The first kappa shape index (κ1) is 15.2. The second-order valence-corrected chi connectivity index (χ2v) is 6.62. The van der Waals surface area contributed by atoms with Crippen molar-refractivity contribution in [2.24, 2.45) is 10.9 Å². The van der Waals surface area contributed by atoms with Gasteiger partial charge in [0.15, 0.2) is 5.96 Å². The summed E-state index contributed by atoms with van der Waals surface area (Å²) in [6, 6.07) is 0.509. The van der Waals surface area contributed by atoms with Crippen molar-refractivity contribution in [2.75, 3.05) is 25.4 Å². The fourth-order valence-corrected chi connectivity index (χ4v) is 2.10. The maximum Gasteiger partial charge on any atom is 0.211 e. The van der Waals surface area contributed by atoms with Gasteiger partial charge in [-0.25, -0.2) is 13.1 Å². The molecule has 1 rings (SSSR count). The van der Waals surface area contributed by atoms with Crippen molar-refractivity contribution < 1.29 is 8.42 Å². The summed E-state index contributed by atoms with van der Waals surface area (Å²) in [7, 11) is -3.11. The highest BCUT2D eigenvalue weighted by Gasteiger charge is 2.33. The molecule has 0 aromatic rings. The quantitative estimate of drug-likeness (QED) is 0.344. The minimum Gasteiger partial charge on any atom is -0.357 e. The number of aliphatic imine (C=N–C) groups is 1. The molecular formula is C11H24N4O2S. The summed E-state index contributed by atoms with van der Waals surface area (Å²) in [5.41, 5.74) is 0. The van der Waals surface area contributed by atoms with Gasteiger partial charge in [-0.3, -0.25) is 4.99 Å². The van der Waals surface area contributed by atoms with Crippen molar-refractivity contribution in [1.82, 2.24) is 15.4 Å². The number of hydrogen-bond acceptors (Lipinski definition) is 3. The van der Waals surface area contributed by atoms with Crippen molar-refractivity contribution in [2.45, 2.75) is 33.2 Å². The molecule has 0 aromatic carbocycles. The van der Waals surface area contributed by atoms with Gasteiger partial charge in [-0.05, 0) is 26.2 Å². The first-order chi connectivity index (χ1) is 8.48. The molecule has 3 N–H and O–H groups in total. The van der Waals surface area contributed by atoms with Crippen LogP contribution in [-0.4, -0.2) is 45.8 Å². The lowest BCUT2D eigenvalue weighted by Crippen LogP contribution is -2.39. The van der Waals surface area contributed by atoms with Crippen LogP contribution >= 0.6 is 0 Å². The molecule has 0 radical (unpaired) electrons. The lowest BCUT2D eigenvalue weighted by atomic mass is 10.5. The van der Waals surface area contributed by atoms with Crippen molar-refractivity contribution in [3.8, 4) is 0 Å². The molecule has 6 nitrogen and oxygen atoms in total. The molecule has 0 saturated heterocycles. The molecule has 0 amide bonds. The first-order valence-electron chi connectivity index (χ1n) is 6.50. The Morgan fingerprint density at radius 3 is 2.56 bits per heavy atom. The molecule has 18 heavy (non-hydrogen) atoms. The molecule has 1 fully saturated rings. The van der Waals surface area contributed by atoms with Crippen LogP contribution in [0.25, 0.3) is 0 Å². The predicted molar refractivity (Wildman–Crippen MR) is 74.1 cm³/mol. The third-order valence-electron chi connectivity index (χ3n) is 2.86. The Bertz CT molecular complexity index is 381. The minimum absolute atomic E-state index is 0.106. The van der Waals surface area contributed by atoms with E-state index in [1.165, 1.54) is 6.42 Å². The second kappa shape index (κ2) is 6.94. The van der Waals surface area contributed by atoms with Crippen LogP contribution in [0.15, 0.2) is 4.99 Å². The van der Waals surface area contributed by atoms with E-state index in [0.29, 0.717) is 25.0 Å². The summed E-state index contributed by atoms with van der Waals surface area (Å²) in [6.07, 6.45) is 1.17. The smallest absolute Gasteiger partial charge is 0.211 e. The van der Waals surface area contributed by atoms with Crippen LogP contribution in [0.5, 0.6) is 0 Å². The average Bonchev–Trinajstić information content (AvgIpc) is 3.00. The van der Waals surface area contributed by atoms with E-state index < -0.39 is 10.0 Å². The molecule has 7 heteroatoms. The lowest BCUT2D eigenvalue weighted by Gasteiger charge is -2.10. The Labute approximate surface area is 110 Å². The summed E-state index contributed by atoms with van der Waals surface area (Å²) in [6.45, 7) is 7.39. The van der Waals surface area contributed by atoms with Crippen molar-refractivity contribution in [3.05, 3.63) is 0 Å². The molecule has 1 aliphatic carbocycles. The van der Waals surface area contributed by atoms with E-state index in [9.17, 15) is 8.42 Å². The van der Waals surface area contributed by atoms with Crippen LogP contribution in [0.3, 0.4) is 0 Å². The highest BCUT2D eigenvalue weighted by Crippen LogP contribution is 2.28. The maximum atomic E-state index is 11.2. The summed E-state index contributed by atoms with van der Waals surface area (Å²) < 4.78 is 24.9. The third kappa shape index (κ3) is 5.68. The standard InChI is InChI=1S/C11H24N4O2S/c1-4-12-11(15-10-8-9(10)3)13-6-7-14-18(16,17)5-2/h9-10,14H,4-8H2,1-3H3,(H2,12,13,15). The van der Waals surface area contributed by atoms with Gasteiger partial charge >= 0.3 is 0 Å². The van der Waals surface area contributed by atoms with E-state index in [4.69, 9.17) is 0 Å². The average molecular weight is 276 g/mol. The van der Waals surface area contributed by atoms with Gasteiger partial charge in [-0.1, -0.05) is 6.92 Å². The lowest BCUT2D eigenvalue weighted by molar-refractivity contribution is 0.583. The molecule has 0 heterocycles. The first-order valence-corrected chi connectivity index (χ1v) is 8.16. The second-order valence-electron chi connectivity index (χ2n) is 4.52. The molecule has 2 atom stereocenters. The van der Waals surface area contributed by atoms with Crippen LogP contribution in [0, 0.1) is 5.92 Å². The van der Waals surface area contributed by atoms with Crippen LogP contribution < -0.4 is 15.4 Å². The van der Waals surface area contributed by atoms with Gasteiger partial charge in [0.25, 0.3) is 0 Å². The molecule has 0 bridgehead atoms. The summed E-state index contributed by atoms with van der Waals surface area (Å²) in [4.78, 5) is 4.33. The topological polar surface area (TPSA) is 82.6 Å². The predicted octanol–water partition coefficient (Wildman–Crippen LogP) is -0.111. The minimum atomic E-state index is -3.11. The van der Waals surface area contributed by atoms with Gasteiger partial charge < -0.3 is 10.6 Å². The third-order valence-corrected chi connectivity index (χ3v) is 4.26. The molecular weight excluding hydrogens is 252 g/mol. The van der Waals surface area contributed by atoms with E-state index in [-0.39, 0.29) is 5.75 Å². The molecule has 0 spiro atoms. The Morgan fingerprint density at radius 2 is 2.06 bits per heavy atom. The molecule has 1 aliphatic rings. The van der Waals surface area contributed by atoms with Gasteiger partial charge in [-0.2, -0.15) is 0 Å². The molecule has 0 aliphatic heterocycles. The Kier molecular flexibility index (Phi) is 5.87. The van der Waals surface area contributed by atoms with Crippen LogP contribution in [0.2, 0.25) is 0 Å². The Balaban J connectivity index is 2.31. The number of nitrogens with one attached hydrogen (secondary N) is 3. The Hall–Kier alpha value is -0.820. The Morgan fingerprint density at radius 1 is 1.39 bits per heavy atom. The van der Waals surface area contributed by atoms with Gasteiger partial charge in [-0.15, -0.1) is 0 Å². The van der Waals surface area contributed by atoms with E-state index >= 15 is 0 Å². The van der Waals surface area contributed by atoms with Crippen molar-refractivity contribution in [1.29, 1.82) is 0 Å². The van der Waals surface area contributed by atoms with Gasteiger partial charge in [0, 0.05) is 19.1 Å². The number of guanidine groups is 1. The van der Waals surface area contributed by atoms with Crippen LogP contribution in [0.1, 0.15) is 27.2 Å². The summed E-state index contributed by atoms with van der Waals surface area (Å²) in [5, 5.41) is 6.46. The number of hydrogen-bond donors (Lipinski definition) is 3. The maximum absolute atomic E-state index is 11.2. The molecule has 0 aromatic heterocycles. The van der Waals surface area contributed by atoms with Crippen LogP contribution in [-0.2, 0) is 10.0 Å². The fourth-order valence-electron chi connectivity index (χ4n) is 1.49. The SMILES string of the molecule is CCNC(=NCCNS(=O)(=O)CC)NC1CC1C. The molecule has 1 saturated carbocycles. The van der Waals surface area contributed by atoms with E-state index in [1.807, 2.05) is 6.92 Å². The highest BCUT2D eigenvalue weighted by molar-refractivity contribution is 7.89. The van der Waals surface area contributed by atoms with Crippen LogP contribution in [0.4, 0.5) is 0 Å².